The molecule has 0 spiro atoms. The molecule has 0 aliphatic heterocycles. The van der Waals surface area contributed by atoms with Crippen LogP contribution in [0.15, 0.2) is 12.1 Å². The number of nitrogens with one attached hydrogen (secondary N) is 1. The molecular formula is C14H22N2O2. The minimum atomic E-state index is -0.346. The van der Waals surface area contributed by atoms with Gasteiger partial charge in [0.1, 0.15) is 5.82 Å². The Morgan fingerprint density at radius 3 is 2.56 bits per heavy atom. The van der Waals surface area contributed by atoms with Crippen molar-refractivity contribution in [2.24, 2.45) is 5.41 Å². The first-order chi connectivity index (χ1) is 8.33. The number of pyridine rings is 1. The van der Waals surface area contributed by atoms with Gasteiger partial charge in [-0.25, -0.2) is 9.78 Å². The normalized spacial score (nSPS) is 11.2. The molecule has 4 heteroatoms. The van der Waals surface area contributed by atoms with Crippen LogP contribution >= 0.6 is 0 Å². The number of rotatable bonds is 4. The molecule has 1 aromatic rings. The third kappa shape index (κ3) is 4.35. The van der Waals surface area contributed by atoms with Gasteiger partial charge in [-0.15, -0.1) is 0 Å². The molecule has 0 aromatic carbocycles. The lowest BCUT2D eigenvalue weighted by molar-refractivity contribution is 0.0599. The Balaban J connectivity index is 2.65. The largest absolute Gasteiger partial charge is 0.465 e. The Morgan fingerprint density at radius 1 is 1.39 bits per heavy atom. The van der Waals surface area contributed by atoms with Gasteiger partial charge in [-0.05, 0) is 30.9 Å². The molecule has 0 bridgehead atoms. The molecule has 4 nitrogen and oxygen atoms in total. The number of anilines is 1. The number of carbonyl (C=O) groups is 1. The molecule has 0 aliphatic rings. The Morgan fingerprint density at radius 2 is 2.06 bits per heavy atom. The Kier molecular flexibility index (Phi) is 4.70. The fourth-order valence-electron chi connectivity index (χ4n) is 1.55. The number of carbonyl (C=O) groups excluding carboxylic acids is 1. The van der Waals surface area contributed by atoms with E-state index in [1.54, 1.807) is 13.0 Å². The zero-order valence-electron chi connectivity index (χ0n) is 11.8. The summed E-state index contributed by atoms with van der Waals surface area (Å²) in [7, 11) is 1.37. The molecule has 18 heavy (non-hydrogen) atoms. The summed E-state index contributed by atoms with van der Waals surface area (Å²) in [6.07, 6.45) is 1.06. The molecule has 1 heterocycles. The molecule has 0 saturated carbocycles. The highest BCUT2D eigenvalue weighted by molar-refractivity contribution is 5.90. The van der Waals surface area contributed by atoms with Gasteiger partial charge in [-0.3, -0.25) is 0 Å². The number of aromatic nitrogens is 1. The van der Waals surface area contributed by atoms with Crippen LogP contribution in [0.5, 0.6) is 0 Å². The molecule has 100 valence electrons. The number of hydrogen-bond acceptors (Lipinski definition) is 4. The minimum Gasteiger partial charge on any atom is -0.465 e. The van der Waals surface area contributed by atoms with E-state index < -0.39 is 0 Å². The average molecular weight is 250 g/mol. The Hall–Kier alpha value is -1.58. The summed E-state index contributed by atoms with van der Waals surface area (Å²) >= 11 is 0. The molecule has 1 N–H and O–H groups in total. The summed E-state index contributed by atoms with van der Waals surface area (Å²) in [6, 6.07) is 3.55. The first kappa shape index (κ1) is 14.5. The molecule has 0 saturated heterocycles. The molecule has 0 aliphatic carbocycles. The smallest absolute Gasteiger partial charge is 0.339 e. The van der Waals surface area contributed by atoms with Crippen LogP contribution in [-0.4, -0.2) is 24.6 Å². The van der Waals surface area contributed by atoms with E-state index in [2.05, 4.69) is 35.8 Å². The second kappa shape index (κ2) is 5.85. The molecule has 1 aromatic heterocycles. The minimum absolute atomic E-state index is 0.300. The van der Waals surface area contributed by atoms with Gasteiger partial charge in [0.15, 0.2) is 0 Å². The van der Waals surface area contributed by atoms with Crippen molar-refractivity contribution in [2.75, 3.05) is 19.0 Å². The second-order valence-electron chi connectivity index (χ2n) is 5.56. The summed E-state index contributed by atoms with van der Waals surface area (Å²) < 4.78 is 4.68. The number of hydrogen-bond donors (Lipinski definition) is 1. The van der Waals surface area contributed by atoms with Gasteiger partial charge in [-0.1, -0.05) is 20.8 Å². The lowest BCUT2D eigenvalue weighted by Gasteiger charge is -2.18. The molecule has 1 rings (SSSR count). The predicted molar refractivity (Wildman–Crippen MR) is 72.9 cm³/mol. The first-order valence-corrected chi connectivity index (χ1v) is 6.13. The monoisotopic (exact) mass is 250 g/mol. The number of ether oxygens (including phenoxy) is 1. The van der Waals surface area contributed by atoms with Crippen molar-refractivity contribution in [1.82, 2.24) is 4.98 Å². The van der Waals surface area contributed by atoms with Gasteiger partial charge in [0.25, 0.3) is 0 Å². The lowest BCUT2D eigenvalue weighted by Crippen LogP contribution is -2.14. The second-order valence-corrected chi connectivity index (χ2v) is 5.56. The maximum absolute atomic E-state index is 11.4. The first-order valence-electron chi connectivity index (χ1n) is 6.13. The van der Waals surface area contributed by atoms with E-state index in [0.717, 1.165) is 18.8 Å². The maximum Gasteiger partial charge on any atom is 0.339 e. The third-order valence-corrected chi connectivity index (χ3v) is 2.67. The van der Waals surface area contributed by atoms with Crippen molar-refractivity contribution in [3.63, 3.8) is 0 Å². The zero-order valence-corrected chi connectivity index (χ0v) is 11.8. The van der Waals surface area contributed by atoms with Gasteiger partial charge in [-0.2, -0.15) is 0 Å². The maximum atomic E-state index is 11.4. The van der Waals surface area contributed by atoms with Crippen LogP contribution in [0.25, 0.3) is 0 Å². The van der Waals surface area contributed by atoms with E-state index >= 15 is 0 Å². The van der Waals surface area contributed by atoms with Crippen LogP contribution in [0.4, 0.5) is 5.82 Å². The Labute approximate surface area is 109 Å². The molecule has 0 radical (unpaired) electrons. The number of methoxy groups -OCH3 is 1. The molecular weight excluding hydrogens is 228 g/mol. The van der Waals surface area contributed by atoms with Gasteiger partial charge < -0.3 is 10.1 Å². The molecule has 0 atom stereocenters. The number of nitrogens with zero attached hydrogens (tertiary/aromatic N) is 1. The van der Waals surface area contributed by atoms with E-state index in [0.29, 0.717) is 16.7 Å². The van der Waals surface area contributed by atoms with Crippen molar-refractivity contribution in [3.8, 4) is 0 Å². The summed E-state index contributed by atoms with van der Waals surface area (Å²) in [5, 5.41) is 3.26. The zero-order chi connectivity index (χ0) is 13.8. The van der Waals surface area contributed by atoms with Crippen LogP contribution in [0, 0.1) is 12.3 Å². The fourth-order valence-corrected chi connectivity index (χ4v) is 1.55. The van der Waals surface area contributed by atoms with Gasteiger partial charge in [0.2, 0.25) is 0 Å². The van der Waals surface area contributed by atoms with E-state index in [1.807, 2.05) is 6.07 Å². The van der Waals surface area contributed by atoms with E-state index in [1.165, 1.54) is 7.11 Å². The van der Waals surface area contributed by atoms with E-state index in [-0.39, 0.29) is 5.97 Å². The van der Waals surface area contributed by atoms with Crippen molar-refractivity contribution in [2.45, 2.75) is 34.1 Å². The van der Waals surface area contributed by atoms with Crippen molar-refractivity contribution < 1.29 is 9.53 Å². The third-order valence-electron chi connectivity index (χ3n) is 2.67. The lowest BCUT2D eigenvalue weighted by atomic mass is 9.92. The number of aryl methyl sites for hydroxylation is 1. The molecule has 0 amide bonds. The fraction of sp³-hybridized carbons (Fsp3) is 0.571. The summed E-state index contributed by atoms with van der Waals surface area (Å²) in [5.41, 5.74) is 1.50. The highest BCUT2D eigenvalue weighted by Gasteiger charge is 2.12. The average Bonchev–Trinajstić information content (AvgIpc) is 2.26. The van der Waals surface area contributed by atoms with E-state index in [9.17, 15) is 4.79 Å². The molecule has 0 unspecified atom stereocenters. The predicted octanol–water partition coefficient (Wildman–Crippen LogP) is 3.02. The van der Waals surface area contributed by atoms with Crippen LogP contribution in [0.2, 0.25) is 0 Å². The van der Waals surface area contributed by atoms with Crippen LogP contribution in [-0.2, 0) is 4.74 Å². The molecule has 0 fully saturated rings. The summed E-state index contributed by atoms with van der Waals surface area (Å²) in [4.78, 5) is 15.8. The van der Waals surface area contributed by atoms with Gasteiger partial charge in [0.05, 0.1) is 18.4 Å². The highest BCUT2D eigenvalue weighted by atomic mass is 16.5. The topological polar surface area (TPSA) is 51.2 Å². The SMILES string of the molecule is COC(=O)c1ccc(NCCC(C)(C)C)nc1C. The highest BCUT2D eigenvalue weighted by Crippen LogP contribution is 2.18. The van der Waals surface area contributed by atoms with Gasteiger partial charge in [0, 0.05) is 6.54 Å². The van der Waals surface area contributed by atoms with Gasteiger partial charge >= 0.3 is 5.97 Å². The summed E-state index contributed by atoms with van der Waals surface area (Å²) in [5.74, 6) is 0.450. The van der Waals surface area contributed by atoms with Crippen LogP contribution in [0.1, 0.15) is 43.2 Å². The van der Waals surface area contributed by atoms with E-state index in [4.69, 9.17) is 0 Å². The van der Waals surface area contributed by atoms with Crippen molar-refractivity contribution in [3.05, 3.63) is 23.4 Å². The van der Waals surface area contributed by atoms with Crippen LogP contribution < -0.4 is 5.32 Å². The summed E-state index contributed by atoms with van der Waals surface area (Å²) in [6.45, 7) is 9.28. The Bertz CT molecular complexity index is 422. The number of esters is 1. The standard InChI is InChI=1S/C14H22N2O2/c1-10-11(13(17)18-5)6-7-12(16-10)15-9-8-14(2,3)4/h6-7H,8-9H2,1-5H3,(H,15,16). The van der Waals surface area contributed by atoms with Crippen LogP contribution in [0.3, 0.4) is 0 Å². The van der Waals surface area contributed by atoms with Crippen molar-refractivity contribution >= 4 is 11.8 Å². The quantitative estimate of drug-likeness (QED) is 0.834. The van der Waals surface area contributed by atoms with Crippen molar-refractivity contribution in [1.29, 1.82) is 0 Å².